The van der Waals surface area contributed by atoms with Crippen LogP contribution in [0.1, 0.15) is 12.5 Å². The Morgan fingerprint density at radius 1 is 1.44 bits per heavy atom. The number of carbonyl (C=O) groups excluding carboxylic acids is 1. The van der Waals surface area contributed by atoms with Gasteiger partial charge in [-0.25, -0.2) is 13.6 Å². The van der Waals surface area contributed by atoms with Crippen LogP contribution in [0, 0.1) is 11.6 Å². The predicted octanol–water partition coefficient (Wildman–Crippen LogP) is 2.43. The molecular weight excluding hydrogens is 218 g/mol. The van der Waals surface area contributed by atoms with Crippen molar-refractivity contribution in [2.24, 2.45) is 0 Å². The summed E-state index contributed by atoms with van der Waals surface area (Å²) < 4.78 is 29.9. The van der Waals surface area contributed by atoms with Gasteiger partial charge in [0.15, 0.2) is 11.6 Å². The highest BCUT2D eigenvalue weighted by molar-refractivity contribution is 5.89. The van der Waals surface area contributed by atoms with Crippen molar-refractivity contribution in [3.63, 3.8) is 0 Å². The molecule has 1 aromatic carbocycles. The molecule has 0 saturated heterocycles. The van der Waals surface area contributed by atoms with E-state index in [0.29, 0.717) is 0 Å². The van der Waals surface area contributed by atoms with Crippen molar-refractivity contribution in [2.45, 2.75) is 6.92 Å². The molecule has 1 N–H and O–H groups in total. The molecule has 16 heavy (non-hydrogen) atoms. The van der Waals surface area contributed by atoms with E-state index in [9.17, 15) is 18.7 Å². The second-order valence-corrected chi connectivity index (χ2v) is 2.91. The standard InChI is InChI=1S/C11H10F2O3/c1-2-16-11(15)6-10(14)7-3-4-8(12)9(13)5-7/h3-6,14H,2H2,1H3. The molecule has 0 aliphatic carbocycles. The van der Waals surface area contributed by atoms with Gasteiger partial charge in [-0.1, -0.05) is 0 Å². The van der Waals surface area contributed by atoms with E-state index in [1.807, 2.05) is 0 Å². The van der Waals surface area contributed by atoms with Gasteiger partial charge in [-0.15, -0.1) is 0 Å². The third kappa shape index (κ3) is 3.05. The van der Waals surface area contributed by atoms with Gasteiger partial charge in [0, 0.05) is 5.56 Å². The summed E-state index contributed by atoms with van der Waals surface area (Å²) in [6, 6.07) is 2.81. The van der Waals surface area contributed by atoms with Crippen molar-refractivity contribution in [2.75, 3.05) is 6.61 Å². The number of halogens is 2. The van der Waals surface area contributed by atoms with E-state index >= 15 is 0 Å². The number of aliphatic hydroxyl groups is 1. The molecule has 0 unspecified atom stereocenters. The van der Waals surface area contributed by atoms with Gasteiger partial charge in [0.2, 0.25) is 0 Å². The quantitative estimate of drug-likeness (QED) is 0.491. The van der Waals surface area contributed by atoms with E-state index in [1.54, 1.807) is 6.92 Å². The molecule has 3 nitrogen and oxygen atoms in total. The van der Waals surface area contributed by atoms with Crippen LogP contribution in [0.5, 0.6) is 0 Å². The first-order chi connectivity index (χ1) is 7.54. The molecule has 0 aliphatic heterocycles. The lowest BCUT2D eigenvalue weighted by atomic mass is 10.1. The number of ether oxygens (including phenoxy) is 1. The number of hydrogen-bond donors (Lipinski definition) is 1. The van der Waals surface area contributed by atoms with Crippen LogP contribution in [-0.4, -0.2) is 17.7 Å². The Labute approximate surface area is 91.0 Å². The second-order valence-electron chi connectivity index (χ2n) is 2.91. The maximum absolute atomic E-state index is 12.8. The first-order valence-corrected chi connectivity index (χ1v) is 4.57. The second kappa shape index (κ2) is 5.25. The summed E-state index contributed by atoms with van der Waals surface area (Å²) in [6.07, 6.45) is 0.802. The summed E-state index contributed by atoms with van der Waals surface area (Å²) >= 11 is 0. The average Bonchev–Trinajstić information content (AvgIpc) is 2.22. The molecule has 0 atom stereocenters. The molecule has 0 heterocycles. The van der Waals surface area contributed by atoms with Crippen LogP contribution < -0.4 is 0 Å². The van der Waals surface area contributed by atoms with Crippen LogP contribution in [0.25, 0.3) is 5.76 Å². The fraction of sp³-hybridized carbons (Fsp3) is 0.182. The molecular formula is C11H10F2O3. The minimum Gasteiger partial charge on any atom is -0.507 e. The lowest BCUT2D eigenvalue weighted by Crippen LogP contribution is -2.01. The molecule has 5 heteroatoms. The van der Waals surface area contributed by atoms with E-state index in [-0.39, 0.29) is 12.2 Å². The van der Waals surface area contributed by atoms with Gasteiger partial charge in [-0.2, -0.15) is 0 Å². The highest BCUT2D eigenvalue weighted by atomic mass is 19.2. The SMILES string of the molecule is CCOC(=O)C=C(O)c1ccc(F)c(F)c1. The minimum atomic E-state index is -1.10. The molecule has 86 valence electrons. The number of esters is 1. The van der Waals surface area contributed by atoms with Crippen molar-refractivity contribution in [3.05, 3.63) is 41.5 Å². The first kappa shape index (κ1) is 12.2. The summed E-state index contributed by atoms with van der Waals surface area (Å²) in [5, 5.41) is 9.40. The number of hydrogen-bond acceptors (Lipinski definition) is 3. The highest BCUT2D eigenvalue weighted by Crippen LogP contribution is 2.15. The number of benzene rings is 1. The summed E-state index contributed by atoms with van der Waals surface area (Å²) in [5.41, 5.74) is 0.00644. The highest BCUT2D eigenvalue weighted by Gasteiger charge is 2.07. The van der Waals surface area contributed by atoms with Gasteiger partial charge >= 0.3 is 5.97 Å². The van der Waals surface area contributed by atoms with Gasteiger partial charge in [0.05, 0.1) is 12.7 Å². The lowest BCUT2D eigenvalue weighted by molar-refractivity contribution is -0.137. The monoisotopic (exact) mass is 228 g/mol. The Morgan fingerprint density at radius 2 is 2.12 bits per heavy atom. The summed E-state index contributed by atoms with van der Waals surface area (Å²) in [6.45, 7) is 1.78. The van der Waals surface area contributed by atoms with Gasteiger partial charge < -0.3 is 9.84 Å². The third-order valence-corrected chi connectivity index (χ3v) is 1.76. The topological polar surface area (TPSA) is 46.5 Å². The van der Waals surface area contributed by atoms with Crippen LogP contribution in [0.15, 0.2) is 24.3 Å². The normalized spacial score (nSPS) is 11.3. The number of aliphatic hydroxyl groups excluding tert-OH is 1. The number of carbonyl (C=O) groups is 1. The van der Waals surface area contributed by atoms with Crippen molar-refractivity contribution < 1.29 is 23.4 Å². The summed E-state index contributed by atoms with van der Waals surface area (Å²) in [5.74, 6) is -3.34. The first-order valence-electron chi connectivity index (χ1n) is 4.57. The fourth-order valence-corrected chi connectivity index (χ4v) is 1.03. The predicted molar refractivity (Wildman–Crippen MR) is 53.6 cm³/mol. The number of rotatable bonds is 3. The summed E-state index contributed by atoms with van der Waals surface area (Å²) in [7, 11) is 0. The molecule has 0 radical (unpaired) electrons. The van der Waals surface area contributed by atoms with Gasteiger partial charge in [0.25, 0.3) is 0 Å². The van der Waals surface area contributed by atoms with Gasteiger partial charge in [-0.3, -0.25) is 0 Å². The molecule has 1 rings (SSSR count). The van der Waals surface area contributed by atoms with Crippen molar-refractivity contribution in [1.29, 1.82) is 0 Å². The Kier molecular flexibility index (Phi) is 3.99. The molecule has 0 aromatic heterocycles. The van der Waals surface area contributed by atoms with E-state index in [2.05, 4.69) is 4.74 Å². The van der Waals surface area contributed by atoms with E-state index in [1.165, 1.54) is 0 Å². The van der Waals surface area contributed by atoms with Crippen LogP contribution >= 0.6 is 0 Å². The lowest BCUT2D eigenvalue weighted by Gasteiger charge is -2.01. The van der Waals surface area contributed by atoms with Crippen molar-refractivity contribution in [3.8, 4) is 0 Å². The smallest absolute Gasteiger partial charge is 0.334 e. The maximum atomic E-state index is 12.8. The molecule has 0 aliphatic rings. The molecule has 0 fully saturated rings. The maximum Gasteiger partial charge on any atom is 0.334 e. The van der Waals surface area contributed by atoms with Gasteiger partial charge in [-0.05, 0) is 25.1 Å². The third-order valence-electron chi connectivity index (χ3n) is 1.76. The molecule has 0 amide bonds. The molecule has 0 saturated carbocycles. The molecule has 0 spiro atoms. The minimum absolute atomic E-state index is 0.00644. The Bertz CT molecular complexity index is 427. The molecule has 1 aromatic rings. The fourth-order valence-electron chi connectivity index (χ4n) is 1.03. The van der Waals surface area contributed by atoms with Crippen LogP contribution in [0.4, 0.5) is 8.78 Å². The van der Waals surface area contributed by atoms with Crippen molar-refractivity contribution >= 4 is 11.7 Å². The largest absolute Gasteiger partial charge is 0.507 e. The zero-order valence-electron chi connectivity index (χ0n) is 8.54. The zero-order chi connectivity index (χ0) is 12.1. The van der Waals surface area contributed by atoms with E-state index in [0.717, 1.165) is 24.3 Å². The Hall–Kier alpha value is -1.91. The van der Waals surface area contributed by atoms with Crippen molar-refractivity contribution in [1.82, 2.24) is 0 Å². The molecule has 0 bridgehead atoms. The van der Waals surface area contributed by atoms with Crippen LogP contribution in [-0.2, 0) is 9.53 Å². The van der Waals surface area contributed by atoms with Crippen LogP contribution in [0.3, 0.4) is 0 Å². The van der Waals surface area contributed by atoms with E-state index < -0.39 is 23.4 Å². The Balaban J connectivity index is 2.91. The zero-order valence-corrected chi connectivity index (χ0v) is 8.54. The average molecular weight is 228 g/mol. The van der Waals surface area contributed by atoms with E-state index in [4.69, 9.17) is 0 Å². The van der Waals surface area contributed by atoms with Crippen LogP contribution in [0.2, 0.25) is 0 Å². The summed E-state index contributed by atoms with van der Waals surface area (Å²) in [4.78, 5) is 11.0. The Morgan fingerprint density at radius 3 is 2.69 bits per heavy atom. The van der Waals surface area contributed by atoms with Gasteiger partial charge in [0.1, 0.15) is 5.76 Å².